The second kappa shape index (κ2) is 6.59. The van der Waals surface area contributed by atoms with Gasteiger partial charge in [-0.05, 0) is 29.9 Å². The molecule has 2 rings (SSSR count). The number of rotatable bonds is 5. The van der Waals surface area contributed by atoms with E-state index in [4.69, 9.17) is 0 Å². The Bertz CT molecular complexity index is 433. The van der Waals surface area contributed by atoms with E-state index in [-0.39, 0.29) is 12.6 Å². The highest BCUT2D eigenvalue weighted by Crippen LogP contribution is 2.36. The van der Waals surface area contributed by atoms with E-state index in [0.717, 1.165) is 12.8 Å². The summed E-state index contributed by atoms with van der Waals surface area (Å²) in [5, 5.41) is 3.29. The number of hydrogen-bond donors (Lipinski definition) is 1. The van der Waals surface area contributed by atoms with Gasteiger partial charge in [-0.2, -0.15) is 13.2 Å². The van der Waals surface area contributed by atoms with Crippen molar-refractivity contribution in [3.8, 4) is 0 Å². The largest absolute Gasteiger partial charge is 0.411 e. The molecule has 0 radical (unpaired) electrons. The van der Waals surface area contributed by atoms with Crippen LogP contribution in [-0.4, -0.2) is 25.9 Å². The quantitative estimate of drug-likeness (QED) is 0.832. The van der Waals surface area contributed by atoms with Gasteiger partial charge in [-0.3, -0.25) is 0 Å². The fourth-order valence-corrected chi connectivity index (χ4v) is 2.71. The average molecular weight is 287 g/mol. The summed E-state index contributed by atoms with van der Waals surface area (Å²) in [5.74, 6) is 0.547. The van der Waals surface area contributed by atoms with Gasteiger partial charge in [0, 0.05) is 12.6 Å². The van der Waals surface area contributed by atoms with E-state index in [1.165, 1.54) is 11.1 Å². The summed E-state index contributed by atoms with van der Waals surface area (Å²) in [6.45, 7) is 1.55. The number of fused-ring (bicyclic) bond motifs is 1. The first-order chi connectivity index (χ1) is 9.47. The van der Waals surface area contributed by atoms with E-state index in [9.17, 15) is 13.2 Å². The second-order valence-electron chi connectivity index (χ2n) is 5.28. The normalized spacial score (nSPS) is 22.6. The molecule has 20 heavy (non-hydrogen) atoms. The van der Waals surface area contributed by atoms with Crippen LogP contribution in [0.1, 0.15) is 42.9 Å². The fourth-order valence-electron chi connectivity index (χ4n) is 2.71. The maximum atomic E-state index is 11.9. The number of ether oxygens (including phenoxy) is 1. The highest BCUT2D eigenvalue weighted by molar-refractivity contribution is 5.34. The van der Waals surface area contributed by atoms with Crippen molar-refractivity contribution in [3.63, 3.8) is 0 Å². The first kappa shape index (κ1) is 15.3. The molecule has 1 aliphatic rings. The molecule has 0 saturated carbocycles. The Balaban J connectivity index is 1.81. The summed E-state index contributed by atoms with van der Waals surface area (Å²) >= 11 is 0. The first-order valence-corrected chi connectivity index (χ1v) is 6.94. The maximum absolute atomic E-state index is 11.9. The zero-order valence-electron chi connectivity index (χ0n) is 11.5. The standard InChI is InChI=1S/C15H20F3NO/c1-11-6-7-14(13-5-3-2-4-12(11)13)19-8-9-20-10-15(16,17)18/h2-5,11,14,19H,6-10H2,1H3. The van der Waals surface area contributed by atoms with Crippen molar-refractivity contribution in [1.82, 2.24) is 5.32 Å². The van der Waals surface area contributed by atoms with Gasteiger partial charge in [0.05, 0.1) is 6.61 Å². The number of alkyl halides is 3. The highest BCUT2D eigenvalue weighted by Gasteiger charge is 2.27. The van der Waals surface area contributed by atoms with Gasteiger partial charge in [-0.15, -0.1) is 0 Å². The van der Waals surface area contributed by atoms with Crippen LogP contribution < -0.4 is 5.32 Å². The predicted molar refractivity (Wildman–Crippen MR) is 71.7 cm³/mol. The van der Waals surface area contributed by atoms with Crippen LogP contribution in [0.5, 0.6) is 0 Å². The monoisotopic (exact) mass is 287 g/mol. The maximum Gasteiger partial charge on any atom is 0.411 e. The topological polar surface area (TPSA) is 21.3 Å². The zero-order valence-corrected chi connectivity index (χ0v) is 11.5. The molecule has 2 nitrogen and oxygen atoms in total. The molecule has 2 unspecified atom stereocenters. The van der Waals surface area contributed by atoms with Crippen molar-refractivity contribution in [2.45, 2.75) is 37.9 Å². The van der Waals surface area contributed by atoms with E-state index in [0.29, 0.717) is 12.5 Å². The minimum Gasteiger partial charge on any atom is -0.371 e. The minimum absolute atomic E-state index is 0.0771. The van der Waals surface area contributed by atoms with Gasteiger partial charge in [-0.25, -0.2) is 0 Å². The van der Waals surface area contributed by atoms with Gasteiger partial charge in [-0.1, -0.05) is 31.2 Å². The molecule has 0 amide bonds. The summed E-state index contributed by atoms with van der Waals surface area (Å²) in [4.78, 5) is 0. The molecular weight excluding hydrogens is 267 g/mol. The number of hydrogen-bond acceptors (Lipinski definition) is 2. The van der Waals surface area contributed by atoms with Crippen LogP contribution >= 0.6 is 0 Å². The van der Waals surface area contributed by atoms with Crippen LogP contribution in [0.2, 0.25) is 0 Å². The lowest BCUT2D eigenvalue weighted by molar-refractivity contribution is -0.173. The van der Waals surface area contributed by atoms with Crippen molar-refractivity contribution in [3.05, 3.63) is 35.4 Å². The molecule has 0 bridgehead atoms. The van der Waals surface area contributed by atoms with Crippen LogP contribution in [0, 0.1) is 0 Å². The lowest BCUT2D eigenvalue weighted by atomic mass is 9.81. The SMILES string of the molecule is CC1CCC(NCCOCC(F)(F)F)c2ccccc21. The fraction of sp³-hybridized carbons (Fsp3) is 0.600. The van der Waals surface area contributed by atoms with Crippen LogP contribution in [0.3, 0.4) is 0 Å². The van der Waals surface area contributed by atoms with E-state index in [2.05, 4.69) is 29.1 Å². The summed E-state index contributed by atoms with van der Waals surface area (Å²) in [6.07, 6.45) is -2.14. The molecular formula is C15H20F3NO. The third-order valence-corrected chi connectivity index (χ3v) is 3.69. The molecule has 1 N–H and O–H groups in total. The molecule has 0 heterocycles. The second-order valence-corrected chi connectivity index (χ2v) is 5.28. The van der Waals surface area contributed by atoms with Crippen LogP contribution in [0.25, 0.3) is 0 Å². The van der Waals surface area contributed by atoms with E-state index in [1.54, 1.807) is 0 Å². The van der Waals surface area contributed by atoms with Gasteiger partial charge in [0.25, 0.3) is 0 Å². The Morgan fingerprint density at radius 1 is 1.20 bits per heavy atom. The van der Waals surface area contributed by atoms with Gasteiger partial charge < -0.3 is 10.1 Å². The molecule has 1 aromatic carbocycles. The van der Waals surface area contributed by atoms with Gasteiger partial charge in [0.2, 0.25) is 0 Å². The molecule has 1 aliphatic carbocycles. The van der Waals surface area contributed by atoms with Crippen molar-refractivity contribution in [2.24, 2.45) is 0 Å². The predicted octanol–water partition coefficient (Wildman–Crippen LogP) is 3.79. The number of nitrogens with one attached hydrogen (secondary N) is 1. The lowest BCUT2D eigenvalue weighted by Gasteiger charge is -2.30. The molecule has 5 heteroatoms. The Morgan fingerprint density at radius 3 is 2.60 bits per heavy atom. The van der Waals surface area contributed by atoms with E-state index < -0.39 is 12.8 Å². The summed E-state index contributed by atoms with van der Waals surface area (Å²) in [7, 11) is 0. The smallest absolute Gasteiger partial charge is 0.371 e. The molecule has 0 aromatic heterocycles. The molecule has 0 spiro atoms. The summed E-state index contributed by atoms with van der Waals surface area (Å²) in [6, 6.07) is 8.49. The van der Waals surface area contributed by atoms with Crippen molar-refractivity contribution < 1.29 is 17.9 Å². The van der Waals surface area contributed by atoms with Crippen LogP contribution in [0.4, 0.5) is 13.2 Å². The van der Waals surface area contributed by atoms with Crippen LogP contribution in [0.15, 0.2) is 24.3 Å². The molecule has 1 aromatic rings. The third-order valence-electron chi connectivity index (χ3n) is 3.69. The third kappa shape index (κ3) is 4.21. The number of halogens is 3. The first-order valence-electron chi connectivity index (χ1n) is 6.94. The summed E-state index contributed by atoms with van der Waals surface area (Å²) < 4.78 is 40.4. The van der Waals surface area contributed by atoms with Crippen molar-refractivity contribution >= 4 is 0 Å². The zero-order chi connectivity index (χ0) is 14.6. The molecule has 112 valence electrons. The van der Waals surface area contributed by atoms with Gasteiger partial charge in [0.15, 0.2) is 0 Å². The highest BCUT2D eigenvalue weighted by atomic mass is 19.4. The van der Waals surface area contributed by atoms with Gasteiger partial charge >= 0.3 is 6.18 Å². The Kier molecular flexibility index (Phi) is 5.05. The molecule has 0 aliphatic heterocycles. The Morgan fingerprint density at radius 2 is 1.90 bits per heavy atom. The lowest BCUT2D eigenvalue weighted by Crippen LogP contribution is -2.30. The number of benzene rings is 1. The minimum atomic E-state index is -4.24. The Labute approximate surface area is 117 Å². The van der Waals surface area contributed by atoms with Crippen LogP contribution in [-0.2, 0) is 4.74 Å². The molecule has 0 saturated heterocycles. The summed E-state index contributed by atoms with van der Waals surface area (Å²) in [5.41, 5.74) is 2.61. The average Bonchev–Trinajstić information content (AvgIpc) is 2.40. The van der Waals surface area contributed by atoms with Gasteiger partial charge in [0.1, 0.15) is 6.61 Å². The van der Waals surface area contributed by atoms with E-state index in [1.807, 2.05) is 12.1 Å². The van der Waals surface area contributed by atoms with Crippen molar-refractivity contribution in [1.29, 1.82) is 0 Å². The molecule has 0 fully saturated rings. The van der Waals surface area contributed by atoms with E-state index >= 15 is 0 Å². The van der Waals surface area contributed by atoms with Crippen molar-refractivity contribution in [2.75, 3.05) is 19.8 Å². The Hall–Kier alpha value is -1.07. The molecule has 2 atom stereocenters.